The van der Waals surface area contributed by atoms with Gasteiger partial charge in [0, 0.05) is 7.34 Å². The summed E-state index contributed by atoms with van der Waals surface area (Å²) in [5.74, 6) is 0.403. The summed E-state index contributed by atoms with van der Waals surface area (Å²) < 4.78 is 0. The van der Waals surface area contributed by atoms with Gasteiger partial charge in [-0.25, -0.2) is 0 Å². The van der Waals surface area contributed by atoms with E-state index in [1.807, 2.05) is 41.5 Å². The highest BCUT2D eigenvalue weighted by Crippen LogP contribution is 1.95. The second kappa shape index (κ2) is 7.65. The van der Waals surface area contributed by atoms with E-state index in [-0.39, 0.29) is 13.3 Å². The first-order valence-electron chi connectivity index (χ1n) is 4.69. The van der Waals surface area contributed by atoms with Crippen LogP contribution in [-0.4, -0.2) is 5.91 Å². The molecule has 0 aromatic rings. The first kappa shape index (κ1) is 14.5. The summed E-state index contributed by atoms with van der Waals surface area (Å²) in [6, 6.07) is 0. The smallest absolute Gasteiger partial charge is 0.228 e. The van der Waals surface area contributed by atoms with E-state index in [2.05, 4.69) is 5.32 Å². The van der Waals surface area contributed by atoms with Crippen LogP contribution in [0.25, 0.3) is 0 Å². The monoisotopic (exact) mass is 188 g/mol. The SMILES string of the molecule is CC.CC(C)=C(N)NC(=O)C(C)C.[HH]. The molecule has 0 saturated carbocycles. The van der Waals surface area contributed by atoms with Crippen molar-refractivity contribution in [2.24, 2.45) is 11.7 Å². The number of allylic oxidation sites excluding steroid dienone is 1. The average Bonchev–Trinajstić information content (AvgIpc) is 2.07. The molecule has 0 aromatic carbocycles. The minimum absolute atomic E-state index is 0. The Balaban J connectivity index is -0.000000376. The zero-order valence-electron chi connectivity index (χ0n) is 9.56. The summed E-state index contributed by atoms with van der Waals surface area (Å²) in [6.07, 6.45) is 0. The van der Waals surface area contributed by atoms with Crippen LogP contribution >= 0.6 is 0 Å². The number of nitrogens with one attached hydrogen (secondary N) is 1. The Labute approximate surface area is 82.9 Å². The Kier molecular flexibility index (Phi) is 8.55. The maximum absolute atomic E-state index is 11.0. The zero-order chi connectivity index (χ0) is 11.0. The minimum atomic E-state index is -0.0382. The second-order valence-electron chi connectivity index (χ2n) is 3.06. The molecule has 0 fully saturated rings. The number of amides is 1. The predicted octanol–water partition coefficient (Wildman–Crippen LogP) is 2.24. The number of nitrogens with two attached hydrogens (primary N) is 1. The second-order valence-corrected chi connectivity index (χ2v) is 3.06. The Hall–Kier alpha value is -0.990. The molecule has 0 bridgehead atoms. The van der Waals surface area contributed by atoms with Gasteiger partial charge in [-0.05, 0) is 19.4 Å². The fraction of sp³-hybridized carbons (Fsp3) is 0.700. The van der Waals surface area contributed by atoms with E-state index in [1.165, 1.54) is 0 Å². The molecule has 0 rings (SSSR count). The maximum atomic E-state index is 11.0. The number of rotatable bonds is 2. The van der Waals surface area contributed by atoms with Crippen LogP contribution in [0.5, 0.6) is 0 Å². The normalized spacial score (nSPS) is 8.54. The molecule has 13 heavy (non-hydrogen) atoms. The van der Waals surface area contributed by atoms with Gasteiger partial charge in [-0.15, -0.1) is 0 Å². The van der Waals surface area contributed by atoms with Gasteiger partial charge in [-0.1, -0.05) is 27.7 Å². The van der Waals surface area contributed by atoms with Crippen LogP contribution in [0.2, 0.25) is 0 Å². The summed E-state index contributed by atoms with van der Waals surface area (Å²) in [4.78, 5) is 11.0. The van der Waals surface area contributed by atoms with Crippen molar-refractivity contribution in [3.63, 3.8) is 0 Å². The van der Waals surface area contributed by atoms with E-state index in [0.717, 1.165) is 5.57 Å². The number of carbonyl (C=O) groups is 1. The lowest BCUT2D eigenvalue weighted by Crippen LogP contribution is -2.31. The molecule has 0 atom stereocenters. The molecular weight excluding hydrogens is 164 g/mol. The number of hydrogen-bond donors (Lipinski definition) is 2. The highest BCUT2D eigenvalue weighted by atomic mass is 16.1. The van der Waals surface area contributed by atoms with Gasteiger partial charge < -0.3 is 11.1 Å². The molecule has 3 heteroatoms. The van der Waals surface area contributed by atoms with Crippen molar-refractivity contribution >= 4 is 5.91 Å². The molecule has 80 valence electrons. The predicted molar refractivity (Wildman–Crippen MR) is 59.0 cm³/mol. The van der Waals surface area contributed by atoms with Gasteiger partial charge in [0.2, 0.25) is 5.91 Å². The van der Waals surface area contributed by atoms with Crippen LogP contribution in [0.1, 0.15) is 43.0 Å². The van der Waals surface area contributed by atoms with E-state index in [4.69, 9.17) is 5.73 Å². The van der Waals surface area contributed by atoms with Gasteiger partial charge in [0.1, 0.15) is 5.82 Å². The lowest BCUT2D eigenvalue weighted by molar-refractivity contribution is -0.123. The van der Waals surface area contributed by atoms with Gasteiger partial charge in [0.05, 0.1) is 0 Å². The largest absolute Gasteiger partial charge is 0.385 e. The first-order valence-corrected chi connectivity index (χ1v) is 4.69. The molecule has 0 radical (unpaired) electrons. The van der Waals surface area contributed by atoms with E-state index in [9.17, 15) is 4.79 Å². The maximum Gasteiger partial charge on any atom is 0.228 e. The molecule has 0 heterocycles. The number of hydrogen-bond acceptors (Lipinski definition) is 2. The lowest BCUT2D eigenvalue weighted by atomic mass is 10.2. The van der Waals surface area contributed by atoms with Crippen LogP contribution in [-0.2, 0) is 4.79 Å². The lowest BCUT2D eigenvalue weighted by Gasteiger charge is -2.08. The Morgan fingerprint density at radius 3 is 1.92 bits per heavy atom. The van der Waals surface area contributed by atoms with E-state index < -0.39 is 0 Å². The summed E-state index contributed by atoms with van der Waals surface area (Å²) in [7, 11) is 0. The summed E-state index contributed by atoms with van der Waals surface area (Å²) in [5, 5.41) is 2.60. The van der Waals surface area contributed by atoms with Crippen molar-refractivity contribution in [3.8, 4) is 0 Å². The third-order valence-electron chi connectivity index (χ3n) is 1.32. The molecule has 3 N–H and O–H groups in total. The number of carbonyl (C=O) groups excluding carboxylic acids is 1. The van der Waals surface area contributed by atoms with Gasteiger partial charge in [0.25, 0.3) is 0 Å². The Morgan fingerprint density at radius 1 is 1.31 bits per heavy atom. The van der Waals surface area contributed by atoms with Gasteiger partial charge >= 0.3 is 0 Å². The molecule has 0 aliphatic heterocycles. The summed E-state index contributed by atoms with van der Waals surface area (Å²) >= 11 is 0. The molecule has 0 saturated heterocycles. The molecule has 1 amide bonds. The van der Waals surface area contributed by atoms with Crippen LogP contribution in [0.4, 0.5) is 0 Å². The third kappa shape index (κ3) is 7.37. The van der Waals surface area contributed by atoms with Crippen molar-refractivity contribution in [2.75, 3.05) is 0 Å². The quantitative estimate of drug-likeness (QED) is 0.698. The zero-order valence-corrected chi connectivity index (χ0v) is 9.56. The highest BCUT2D eigenvalue weighted by molar-refractivity contribution is 5.79. The molecule has 3 nitrogen and oxygen atoms in total. The molecular formula is C10H24N2O. The molecule has 0 spiro atoms. The van der Waals surface area contributed by atoms with Crippen LogP contribution < -0.4 is 11.1 Å². The van der Waals surface area contributed by atoms with Crippen LogP contribution in [0.3, 0.4) is 0 Å². The van der Waals surface area contributed by atoms with Gasteiger partial charge in [0.15, 0.2) is 0 Å². The van der Waals surface area contributed by atoms with Crippen LogP contribution in [0, 0.1) is 5.92 Å². The summed E-state index contributed by atoms with van der Waals surface area (Å²) in [5.41, 5.74) is 6.43. The molecule has 0 unspecified atom stereocenters. The average molecular weight is 188 g/mol. The molecule has 0 aliphatic carbocycles. The van der Waals surface area contributed by atoms with Crippen molar-refractivity contribution < 1.29 is 6.22 Å². The first-order chi connectivity index (χ1) is 5.95. The standard InChI is InChI=1S/C8H16N2O.C2H6.H2/c1-5(2)7(9)10-8(11)6(3)4;1-2;/h6H,9H2,1-4H3,(H,10,11);1-2H3;1H. The Bertz CT molecular complexity index is 185. The molecule has 0 aliphatic rings. The van der Waals surface area contributed by atoms with Gasteiger partial charge in [-0.2, -0.15) is 0 Å². The minimum Gasteiger partial charge on any atom is -0.385 e. The third-order valence-corrected chi connectivity index (χ3v) is 1.32. The van der Waals surface area contributed by atoms with E-state index >= 15 is 0 Å². The van der Waals surface area contributed by atoms with Crippen LogP contribution in [0.15, 0.2) is 11.4 Å². The fourth-order valence-electron chi connectivity index (χ4n) is 0.402. The van der Waals surface area contributed by atoms with Crippen molar-refractivity contribution in [1.29, 1.82) is 0 Å². The van der Waals surface area contributed by atoms with Crippen molar-refractivity contribution in [2.45, 2.75) is 41.5 Å². The molecule has 0 aromatic heterocycles. The topological polar surface area (TPSA) is 55.1 Å². The van der Waals surface area contributed by atoms with Gasteiger partial charge in [-0.3, -0.25) is 4.79 Å². The summed E-state index contributed by atoms with van der Waals surface area (Å²) in [6.45, 7) is 11.4. The van der Waals surface area contributed by atoms with Crippen molar-refractivity contribution in [1.82, 2.24) is 5.32 Å². The van der Waals surface area contributed by atoms with E-state index in [1.54, 1.807) is 0 Å². The fourth-order valence-corrected chi connectivity index (χ4v) is 0.402. The Morgan fingerprint density at radius 2 is 1.69 bits per heavy atom. The van der Waals surface area contributed by atoms with Crippen molar-refractivity contribution in [3.05, 3.63) is 11.4 Å². The van der Waals surface area contributed by atoms with E-state index in [0.29, 0.717) is 5.82 Å². The highest BCUT2D eigenvalue weighted by Gasteiger charge is 2.06.